The summed E-state index contributed by atoms with van der Waals surface area (Å²) < 4.78 is 13.0. The minimum atomic E-state index is -0.363. The van der Waals surface area contributed by atoms with Crippen molar-refractivity contribution < 1.29 is 9.47 Å². The van der Waals surface area contributed by atoms with Crippen molar-refractivity contribution in [2.45, 2.75) is 6.10 Å². The minimum absolute atomic E-state index is 0.119. The van der Waals surface area contributed by atoms with E-state index >= 15 is 0 Å². The standard InChI is InChI=1S/C20H18ClN3O3/c1-23(12-15-13-26-17-9-5-6-10-18(17)27-15)16-11-22-24(20(25)19(16)21)14-7-3-2-4-8-14/h2-11,15H,12-13H2,1H3/t15-/m0/s1. The Balaban J connectivity index is 1.54. The molecule has 0 amide bonds. The van der Waals surface area contributed by atoms with Gasteiger partial charge in [-0.25, -0.2) is 0 Å². The summed E-state index contributed by atoms with van der Waals surface area (Å²) in [6.07, 6.45) is 1.41. The molecule has 7 heteroatoms. The Hall–Kier alpha value is -2.99. The molecule has 0 fully saturated rings. The van der Waals surface area contributed by atoms with Crippen LogP contribution in [0.5, 0.6) is 11.5 Å². The van der Waals surface area contributed by atoms with Gasteiger partial charge in [0.25, 0.3) is 5.56 Å². The van der Waals surface area contributed by atoms with Gasteiger partial charge >= 0.3 is 0 Å². The van der Waals surface area contributed by atoms with E-state index in [0.29, 0.717) is 30.3 Å². The Bertz CT molecular complexity index is 1010. The highest BCUT2D eigenvalue weighted by molar-refractivity contribution is 6.33. The lowest BCUT2D eigenvalue weighted by atomic mass is 10.2. The van der Waals surface area contributed by atoms with E-state index < -0.39 is 0 Å². The van der Waals surface area contributed by atoms with Crippen molar-refractivity contribution in [1.82, 2.24) is 9.78 Å². The molecule has 3 aromatic rings. The summed E-state index contributed by atoms with van der Waals surface area (Å²) >= 11 is 6.35. The molecule has 1 aliphatic rings. The van der Waals surface area contributed by atoms with Crippen LogP contribution in [0.2, 0.25) is 5.02 Å². The van der Waals surface area contributed by atoms with Crippen LogP contribution >= 0.6 is 11.6 Å². The van der Waals surface area contributed by atoms with E-state index in [0.717, 1.165) is 5.75 Å². The zero-order valence-corrected chi connectivity index (χ0v) is 15.5. The Kier molecular flexibility index (Phi) is 4.73. The average Bonchev–Trinajstić information content (AvgIpc) is 2.70. The monoisotopic (exact) mass is 383 g/mol. The van der Waals surface area contributed by atoms with E-state index in [9.17, 15) is 4.79 Å². The number of halogens is 1. The molecule has 0 saturated heterocycles. The number of hydrogen-bond acceptors (Lipinski definition) is 5. The van der Waals surface area contributed by atoms with Crippen LogP contribution in [0.25, 0.3) is 5.69 Å². The van der Waals surface area contributed by atoms with Crippen molar-refractivity contribution in [2.75, 3.05) is 25.1 Å². The lowest BCUT2D eigenvalue weighted by molar-refractivity contribution is 0.0960. The van der Waals surface area contributed by atoms with Crippen molar-refractivity contribution >= 4 is 17.3 Å². The van der Waals surface area contributed by atoms with E-state index in [1.54, 1.807) is 18.3 Å². The van der Waals surface area contributed by atoms with E-state index in [2.05, 4.69) is 5.10 Å². The van der Waals surface area contributed by atoms with Crippen LogP contribution in [0.15, 0.2) is 65.6 Å². The fraction of sp³-hybridized carbons (Fsp3) is 0.200. The highest BCUT2D eigenvalue weighted by Crippen LogP contribution is 2.31. The molecule has 2 aromatic carbocycles. The number of para-hydroxylation sites is 3. The lowest BCUT2D eigenvalue weighted by Crippen LogP contribution is -2.40. The third kappa shape index (κ3) is 3.48. The van der Waals surface area contributed by atoms with Crippen molar-refractivity contribution in [2.24, 2.45) is 0 Å². The number of ether oxygens (including phenoxy) is 2. The van der Waals surface area contributed by atoms with Crippen molar-refractivity contribution in [3.63, 3.8) is 0 Å². The third-order valence-corrected chi connectivity index (χ3v) is 4.71. The van der Waals surface area contributed by atoms with Gasteiger partial charge in [0.2, 0.25) is 0 Å². The number of likely N-dealkylation sites (N-methyl/N-ethyl adjacent to an activating group) is 1. The number of fused-ring (bicyclic) bond motifs is 1. The Labute approximate surface area is 161 Å². The number of rotatable bonds is 4. The quantitative estimate of drug-likeness (QED) is 0.692. The highest BCUT2D eigenvalue weighted by Gasteiger charge is 2.23. The fourth-order valence-corrected chi connectivity index (χ4v) is 3.27. The smallest absolute Gasteiger partial charge is 0.292 e. The molecule has 0 aliphatic carbocycles. The summed E-state index contributed by atoms with van der Waals surface area (Å²) in [6, 6.07) is 16.7. The van der Waals surface area contributed by atoms with Crippen LogP contribution in [0.3, 0.4) is 0 Å². The molecule has 0 saturated carbocycles. The number of anilines is 1. The SMILES string of the molecule is CN(C[C@H]1COc2ccccc2O1)c1cnn(-c2ccccc2)c(=O)c1Cl. The van der Waals surface area contributed by atoms with E-state index in [-0.39, 0.29) is 16.7 Å². The number of benzene rings is 2. The summed E-state index contributed by atoms with van der Waals surface area (Å²) in [5.74, 6) is 1.45. The molecule has 0 spiro atoms. The first-order valence-corrected chi connectivity index (χ1v) is 8.94. The molecule has 4 rings (SSSR count). The Morgan fingerprint density at radius 2 is 1.85 bits per heavy atom. The topological polar surface area (TPSA) is 56.6 Å². The molecule has 27 heavy (non-hydrogen) atoms. The summed E-state index contributed by atoms with van der Waals surface area (Å²) in [5.41, 5.74) is 0.855. The maximum Gasteiger partial charge on any atom is 0.292 e. The first-order chi connectivity index (χ1) is 13.1. The fourth-order valence-electron chi connectivity index (χ4n) is 3.00. The largest absolute Gasteiger partial charge is 0.486 e. The van der Waals surface area contributed by atoms with Gasteiger partial charge < -0.3 is 14.4 Å². The summed E-state index contributed by atoms with van der Waals surface area (Å²) in [5, 5.41) is 4.38. The maximum absolute atomic E-state index is 12.6. The van der Waals surface area contributed by atoms with Gasteiger partial charge in [-0.05, 0) is 24.3 Å². The molecular weight excluding hydrogens is 366 g/mol. The zero-order chi connectivity index (χ0) is 18.8. The second-order valence-corrected chi connectivity index (χ2v) is 6.65. The van der Waals surface area contributed by atoms with Crippen molar-refractivity contribution in [1.29, 1.82) is 0 Å². The molecule has 1 atom stereocenters. The number of hydrogen-bond donors (Lipinski definition) is 0. The lowest BCUT2D eigenvalue weighted by Gasteiger charge is -2.30. The second kappa shape index (κ2) is 7.32. The van der Waals surface area contributed by atoms with E-state index in [1.807, 2.05) is 54.4 Å². The number of nitrogens with zero attached hydrogens (tertiary/aromatic N) is 3. The Morgan fingerprint density at radius 3 is 2.63 bits per heavy atom. The third-order valence-electron chi connectivity index (χ3n) is 4.36. The molecule has 6 nitrogen and oxygen atoms in total. The molecule has 1 aliphatic heterocycles. The van der Waals surface area contributed by atoms with Crippen LogP contribution in [0.4, 0.5) is 5.69 Å². The first-order valence-electron chi connectivity index (χ1n) is 8.56. The molecule has 2 heterocycles. The molecule has 0 unspecified atom stereocenters. The van der Waals surface area contributed by atoms with Gasteiger partial charge in [-0.3, -0.25) is 4.79 Å². The molecule has 0 bridgehead atoms. The van der Waals surface area contributed by atoms with Crippen molar-refractivity contribution in [3.8, 4) is 17.2 Å². The summed E-state index contributed by atoms with van der Waals surface area (Å²) in [7, 11) is 1.85. The van der Waals surface area contributed by atoms with Crippen LogP contribution in [0, 0.1) is 0 Å². The molecular formula is C20H18ClN3O3. The predicted octanol–water partition coefficient (Wildman–Crippen LogP) is 3.16. The van der Waals surface area contributed by atoms with Gasteiger partial charge in [-0.15, -0.1) is 0 Å². The maximum atomic E-state index is 12.6. The van der Waals surface area contributed by atoms with E-state index in [4.69, 9.17) is 21.1 Å². The minimum Gasteiger partial charge on any atom is -0.486 e. The van der Waals surface area contributed by atoms with Crippen molar-refractivity contribution in [3.05, 3.63) is 76.2 Å². The number of aromatic nitrogens is 2. The van der Waals surface area contributed by atoms with Crippen LogP contribution in [-0.2, 0) is 0 Å². The van der Waals surface area contributed by atoms with E-state index in [1.165, 1.54) is 4.68 Å². The summed E-state index contributed by atoms with van der Waals surface area (Å²) in [6.45, 7) is 0.929. The van der Waals surface area contributed by atoms with Crippen LogP contribution in [-0.4, -0.2) is 36.1 Å². The predicted molar refractivity (Wildman–Crippen MR) is 104 cm³/mol. The van der Waals surface area contributed by atoms with Gasteiger partial charge in [0, 0.05) is 7.05 Å². The highest BCUT2D eigenvalue weighted by atomic mass is 35.5. The van der Waals surface area contributed by atoms with Gasteiger partial charge in [-0.2, -0.15) is 9.78 Å². The van der Waals surface area contributed by atoms with Gasteiger partial charge in [0.15, 0.2) is 17.6 Å². The second-order valence-electron chi connectivity index (χ2n) is 6.27. The molecule has 1 aromatic heterocycles. The van der Waals surface area contributed by atoms with Gasteiger partial charge in [-0.1, -0.05) is 41.9 Å². The average molecular weight is 384 g/mol. The summed E-state index contributed by atoms with van der Waals surface area (Å²) in [4.78, 5) is 14.5. The Morgan fingerprint density at radius 1 is 1.15 bits per heavy atom. The normalized spacial score (nSPS) is 15.4. The van der Waals surface area contributed by atoms with Gasteiger partial charge in [0.1, 0.15) is 11.6 Å². The zero-order valence-electron chi connectivity index (χ0n) is 14.7. The van der Waals surface area contributed by atoms with Gasteiger partial charge in [0.05, 0.1) is 24.1 Å². The molecule has 0 N–H and O–H groups in total. The van der Waals surface area contributed by atoms with Crippen LogP contribution in [0.1, 0.15) is 0 Å². The molecule has 138 valence electrons. The van der Waals surface area contributed by atoms with Crippen LogP contribution < -0.4 is 19.9 Å². The molecule has 0 radical (unpaired) electrons. The first kappa shape index (κ1) is 17.4.